The third-order valence-electron chi connectivity index (χ3n) is 3.12. The Morgan fingerprint density at radius 1 is 1.24 bits per heavy atom. The molecule has 0 unspecified atom stereocenters. The minimum atomic E-state index is -0.499. The van der Waals surface area contributed by atoms with E-state index >= 15 is 0 Å². The van der Waals surface area contributed by atoms with E-state index in [0.717, 1.165) is 0 Å². The van der Waals surface area contributed by atoms with Crippen LogP contribution in [0.3, 0.4) is 0 Å². The highest BCUT2D eigenvalue weighted by Crippen LogP contribution is 2.23. The van der Waals surface area contributed by atoms with Crippen LogP contribution in [0.5, 0.6) is 11.7 Å². The maximum absolute atomic E-state index is 12.0. The topological polar surface area (TPSA) is 80.6 Å². The molecule has 1 atom stereocenters. The van der Waals surface area contributed by atoms with E-state index in [1.807, 2.05) is 18.2 Å². The van der Waals surface area contributed by atoms with E-state index in [4.69, 9.17) is 9.15 Å². The monoisotopic (exact) mass is 286 g/mol. The summed E-state index contributed by atoms with van der Waals surface area (Å²) >= 11 is 0. The van der Waals surface area contributed by atoms with Gasteiger partial charge in [-0.3, -0.25) is 9.59 Å². The Labute approximate surface area is 121 Å². The third-order valence-corrected chi connectivity index (χ3v) is 3.12. The van der Waals surface area contributed by atoms with Crippen molar-refractivity contribution in [2.24, 2.45) is 0 Å². The Morgan fingerprint density at radius 3 is 2.76 bits per heavy atom. The zero-order valence-electron chi connectivity index (χ0n) is 11.2. The average Bonchev–Trinajstić information content (AvgIpc) is 3.10. The molecule has 108 valence electrons. The van der Waals surface area contributed by atoms with E-state index in [0.29, 0.717) is 18.7 Å². The molecule has 6 heteroatoms. The zero-order valence-corrected chi connectivity index (χ0v) is 11.2. The number of rotatable bonds is 4. The van der Waals surface area contributed by atoms with E-state index in [1.54, 1.807) is 18.2 Å². The van der Waals surface area contributed by atoms with Gasteiger partial charge in [0.05, 0.1) is 0 Å². The van der Waals surface area contributed by atoms with E-state index in [-0.39, 0.29) is 17.6 Å². The molecule has 0 aliphatic carbocycles. The average molecular weight is 286 g/mol. The van der Waals surface area contributed by atoms with Crippen molar-refractivity contribution in [2.45, 2.75) is 12.5 Å². The number of ether oxygens (including phenoxy) is 1. The number of hydrogen-bond donors (Lipinski definition) is 2. The smallest absolute Gasteiger partial charge is 0.290 e. The molecule has 1 aromatic carbocycles. The Balaban J connectivity index is 1.64. The summed E-state index contributed by atoms with van der Waals surface area (Å²) in [5.41, 5.74) is 0. The first kappa shape index (κ1) is 13.2. The van der Waals surface area contributed by atoms with E-state index in [1.165, 1.54) is 6.07 Å². The fraction of sp³-hybridized carbons (Fsp3) is 0.200. The fourth-order valence-corrected chi connectivity index (χ4v) is 2.06. The molecular formula is C15H14N2O4. The molecule has 0 radical (unpaired) electrons. The summed E-state index contributed by atoms with van der Waals surface area (Å²) in [6, 6.07) is 11.7. The summed E-state index contributed by atoms with van der Waals surface area (Å²) in [6.45, 7) is 0.574. The molecule has 2 N–H and O–H groups in total. The first-order chi connectivity index (χ1) is 10.2. The second kappa shape index (κ2) is 5.70. The van der Waals surface area contributed by atoms with Crippen molar-refractivity contribution < 1.29 is 18.7 Å². The van der Waals surface area contributed by atoms with Crippen molar-refractivity contribution >= 4 is 11.8 Å². The summed E-state index contributed by atoms with van der Waals surface area (Å²) in [7, 11) is 0. The van der Waals surface area contributed by atoms with Crippen LogP contribution in [0.25, 0.3) is 0 Å². The number of furan rings is 1. The fourth-order valence-electron chi connectivity index (χ4n) is 2.06. The molecular weight excluding hydrogens is 272 g/mol. The highest BCUT2D eigenvalue weighted by Gasteiger charge is 2.27. The first-order valence-electron chi connectivity index (χ1n) is 6.64. The molecule has 2 amide bonds. The van der Waals surface area contributed by atoms with Gasteiger partial charge in [-0.25, -0.2) is 0 Å². The number of amides is 2. The lowest BCUT2D eigenvalue weighted by Gasteiger charge is -2.07. The largest absolute Gasteiger partial charge is 0.426 e. The van der Waals surface area contributed by atoms with Crippen LogP contribution in [0.2, 0.25) is 0 Å². The lowest BCUT2D eigenvalue weighted by atomic mass is 10.2. The minimum Gasteiger partial charge on any atom is -0.426 e. The van der Waals surface area contributed by atoms with Crippen LogP contribution in [-0.2, 0) is 4.79 Å². The molecule has 2 heterocycles. The van der Waals surface area contributed by atoms with Crippen molar-refractivity contribution in [3.05, 3.63) is 48.2 Å². The second-order valence-corrected chi connectivity index (χ2v) is 4.64. The van der Waals surface area contributed by atoms with Crippen molar-refractivity contribution in [3.8, 4) is 11.7 Å². The van der Waals surface area contributed by atoms with E-state index < -0.39 is 11.9 Å². The molecule has 0 spiro atoms. The summed E-state index contributed by atoms with van der Waals surface area (Å²) in [5, 5.41) is 5.28. The molecule has 1 aliphatic heterocycles. The minimum absolute atomic E-state index is 0.112. The number of hydrogen-bond acceptors (Lipinski definition) is 4. The zero-order chi connectivity index (χ0) is 14.7. The molecule has 6 nitrogen and oxygen atoms in total. The number of nitrogens with one attached hydrogen (secondary N) is 2. The van der Waals surface area contributed by atoms with Crippen molar-refractivity contribution in [2.75, 3.05) is 6.54 Å². The Hall–Kier alpha value is -2.76. The van der Waals surface area contributed by atoms with Crippen LogP contribution in [0.15, 0.2) is 46.9 Å². The summed E-state index contributed by atoms with van der Waals surface area (Å²) < 4.78 is 10.8. The van der Waals surface area contributed by atoms with E-state index in [2.05, 4.69) is 10.6 Å². The van der Waals surface area contributed by atoms with Crippen LogP contribution >= 0.6 is 0 Å². The van der Waals surface area contributed by atoms with Gasteiger partial charge in [0.25, 0.3) is 11.9 Å². The Bertz CT molecular complexity index is 651. The number of carbonyl (C=O) groups excluding carboxylic acids is 2. The highest BCUT2D eigenvalue weighted by atomic mass is 16.6. The summed E-state index contributed by atoms with van der Waals surface area (Å²) in [4.78, 5) is 23.4. The molecule has 1 aliphatic rings. The predicted molar refractivity (Wildman–Crippen MR) is 74.1 cm³/mol. The summed E-state index contributed by atoms with van der Waals surface area (Å²) in [5.74, 6) is 0.354. The molecule has 1 fully saturated rings. The van der Waals surface area contributed by atoms with Gasteiger partial charge in [-0.15, -0.1) is 0 Å². The molecule has 3 rings (SSSR count). The van der Waals surface area contributed by atoms with Gasteiger partial charge in [0.1, 0.15) is 11.8 Å². The van der Waals surface area contributed by atoms with Crippen molar-refractivity contribution in [1.82, 2.24) is 10.6 Å². The van der Waals surface area contributed by atoms with Gasteiger partial charge in [-0.05, 0) is 24.6 Å². The van der Waals surface area contributed by atoms with Crippen LogP contribution in [0.1, 0.15) is 17.0 Å². The number of para-hydroxylation sites is 1. The van der Waals surface area contributed by atoms with Gasteiger partial charge in [-0.1, -0.05) is 18.2 Å². The molecule has 0 bridgehead atoms. The van der Waals surface area contributed by atoms with Gasteiger partial charge in [0, 0.05) is 12.6 Å². The number of benzene rings is 1. The molecule has 1 aromatic heterocycles. The maximum atomic E-state index is 12.0. The highest BCUT2D eigenvalue weighted by molar-refractivity contribution is 5.96. The third kappa shape index (κ3) is 3.05. The first-order valence-corrected chi connectivity index (χ1v) is 6.64. The van der Waals surface area contributed by atoms with Crippen molar-refractivity contribution in [1.29, 1.82) is 0 Å². The van der Waals surface area contributed by atoms with Gasteiger partial charge < -0.3 is 19.8 Å². The van der Waals surface area contributed by atoms with Gasteiger partial charge in [-0.2, -0.15) is 0 Å². The molecule has 2 aromatic rings. The Morgan fingerprint density at radius 2 is 2.05 bits per heavy atom. The molecule has 21 heavy (non-hydrogen) atoms. The summed E-state index contributed by atoms with van der Waals surface area (Å²) in [6.07, 6.45) is 0.582. The quantitative estimate of drug-likeness (QED) is 0.896. The standard InChI is InChI=1S/C15H14N2O4/c18-14-11(8-9-16-14)17-15(19)12-6-7-13(21-12)20-10-4-2-1-3-5-10/h1-7,11H,8-9H2,(H,16,18)(H,17,19)/t11-/m0/s1. The molecule has 1 saturated heterocycles. The van der Waals surface area contributed by atoms with Gasteiger partial charge in [0.15, 0.2) is 5.76 Å². The molecule has 0 saturated carbocycles. The predicted octanol–water partition coefficient (Wildman–Crippen LogP) is 1.69. The normalized spacial score (nSPS) is 17.3. The van der Waals surface area contributed by atoms with Crippen molar-refractivity contribution in [3.63, 3.8) is 0 Å². The van der Waals surface area contributed by atoms with Crippen LogP contribution < -0.4 is 15.4 Å². The van der Waals surface area contributed by atoms with Crippen LogP contribution in [0.4, 0.5) is 0 Å². The lowest BCUT2D eigenvalue weighted by molar-refractivity contribution is -0.120. The van der Waals surface area contributed by atoms with E-state index in [9.17, 15) is 9.59 Å². The maximum Gasteiger partial charge on any atom is 0.290 e. The van der Waals surface area contributed by atoms with Gasteiger partial charge in [0.2, 0.25) is 5.91 Å². The second-order valence-electron chi connectivity index (χ2n) is 4.64. The SMILES string of the molecule is O=C(N[C@H]1CCNC1=O)c1ccc(Oc2ccccc2)o1. The van der Waals surface area contributed by atoms with Gasteiger partial charge >= 0.3 is 0 Å². The number of carbonyl (C=O) groups is 2. The van der Waals surface area contributed by atoms with Crippen LogP contribution in [-0.4, -0.2) is 24.4 Å². The Kier molecular flexibility index (Phi) is 3.59. The lowest BCUT2D eigenvalue weighted by Crippen LogP contribution is -2.39. The van der Waals surface area contributed by atoms with Crippen LogP contribution in [0, 0.1) is 0 Å².